The molecule has 1 aromatic rings. The molecule has 1 N–H and O–H groups in total. The van der Waals surface area contributed by atoms with E-state index in [1.807, 2.05) is 18.2 Å². The van der Waals surface area contributed by atoms with Crippen LogP contribution in [-0.4, -0.2) is 29.2 Å². The van der Waals surface area contributed by atoms with Crippen molar-refractivity contribution in [3.05, 3.63) is 33.8 Å². The quantitative estimate of drug-likeness (QED) is 0.930. The van der Waals surface area contributed by atoms with Crippen molar-refractivity contribution >= 4 is 15.9 Å². The van der Waals surface area contributed by atoms with E-state index in [0.717, 1.165) is 30.4 Å². The molecule has 1 heterocycles. The van der Waals surface area contributed by atoms with Gasteiger partial charge in [-0.15, -0.1) is 0 Å². The minimum atomic E-state index is 0.276. The number of aliphatic hydroxyl groups is 1. The number of halogens is 1. The molecule has 1 fully saturated rings. The lowest BCUT2D eigenvalue weighted by atomic mass is 9.93. The minimum Gasteiger partial charge on any atom is -0.396 e. The van der Waals surface area contributed by atoms with E-state index in [2.05, 4.69) is 33.8 Å². The van der Waals surface area contributed by atoms with Crippen LogP contribution < -0.4 is 0 Å². The van der Waals surface area contributed by atoms with Crippen LogP contribution in [0.5, 0.6) is 0 Å². The first-order valence-electron chi connectivity index (χ1n) is 6.67. The van der Waals surface area contributed by atoms with Crippen molar-refractivity contribution in [2.75, 3.05) is 13.2 Å². The Bertz CT molecular complexity index is 484. The number of aliphatic hydroxyl groups excluding tert-OH is 1. The van der Waals surface area contributed by atoms with E-state index < -0.39 is 0 Å². The van der Waals surface area contributed by atoms with E-state index in [-0.39, 0.29) is 6.61 Å². The largest absolute Gasteiger partial charge is 0.396 e. The Kier molecular flexibility index (Phi) is 4.98. The summed E-state index contributed by atoms with van der Waals surface area (Å²) in [5, 5.41) is 18.2. The average molecular weight is 323 g/mol. The molecule has 0 aliphatic carbocycles. The lowest BCUT2D eigenvalue weighted by Crippen LogP contribution is -2.42. The normalized spacial score (nSPS) is 24.1. The molecule has 0 aromatic heterocycles. The van der Waals surface area contributed by atoms with Gasteiger partial charge >= 0.3 is 0 Å². The molecule has 1 aromatic carbocycles. The highest BCUT2D eigenvalue weighted by Crippen LogP contribution is 2.26. The van der Waals surface area contributed by atoms with Crippen LogP contribution >= 0.6 is 15.9 Å². The maximum absolute atomic E-state index is 9.31. The molecular weight excluding hydrogens is 304 g/mol. The van der Waals surface area contributed by atoms with Crippen LogP contribution in [-0.2, 0) is 6.54 Å². The molecule has 2 rings (SSSR count). The van der Waals surface area contributed by atoms with Gasteiger partial charge in [0.25, 0.3) is 0 Å². The number of rotatable bonds is 3. The monoisotopic (exact) mass is 322 g/mol. The fourth-order valence-corrected chi connectivity index (χ4v) is 3.10. The summed E-state index contributed by atoms with van der Waals surface area (Å²) in [7, 11) is 0. The molecule has 0 radical (unpaired) electrons. The zero-order valence-corrected chi connectivity index (χ0v) is 12.7. The van der Waals surface area contributed by atoms with Gasteiger partial charge in [0.2, 0.25) is 0 Å². The first kappa shape index (κ1) is 14.5. The molecule has 19 heavy (non-hydrogen) atoms. The number of piperidine rings is 1. The fourth-order valence-electron chi connectivity index (χ4n) is 2.60. The van der Waals surface area contributed by atoms with Crippen molar-refractivity contribution in [3.8, 4) is 6.07 Å². The summed E-state index contributed by atoms with van der Waals surface area (Å²) in [6.07, 6.45) is 2.25. The number of hydrogen-bond donors (Lipinski definition) is 1. The van der Waals surface area contributed by atoms with Crippen LogP contribution in [0.15, 0.2) is 22.7 Å². The summed E-state index contributed by atoms with van der Waals surface area (Å²) in [5.41, 5.74) is 1.87. The predicted octanol–water partition coefficient (Wildman–Crippen LogP) is 2.91. The number of likely N-dealkylation sites (tertiary alicyclic amines) is 1. The lowest BCUT2D eigenvalue weighted by molar-refractivity contribution is 0.0770. The molecule has 3 nitrogen and oxygen atoms in total. The Balaban J connectivity index is 2.09. The molecule has 0 unspecified atom stereocenters. The molecule has 0 amide bonds. The van der Waals surface area contributed by atoms with Crippen molar-refractivity contribution in [3.63, 3.8) is 0 Å². The second kappa shape index (κ2) is 6.51. The topological polar surface area (TPSA) is 47.3 Å². The molecule has 1 aliphatic rings. The van der Waals surface area contributed by atoms with Gasteiger partial charge in [-0.2, -0.15) is 5.26 Å². The molecule has 102 valence electrons. The third-order valence-electron chi connectivity index (χ3n) is 3.92. The second-order valence-corrected chi connectivity index (χ2v) is 6.18. The van der Waals surface area contributed by atoms with Crippen molar-refractivity contribution in [1.82, 2.24) is 4.90 Å². The summed E-state index contributed by atoms with van der Waals surface area (Å²) in [4.78, 5) is 2.41. The van der Waals surface area contributed by atoms with Gasteiger partial charge in [0.15, 0.2) is 0 Å². The smallest absolute Gasteiger partial charge is 0.0992 e. The third kappa shape index (κ3) is 3.56. The Morgan fingerprint density at radius 3 is 2.89 bits per heavy atom. The van der Waals surface area contributed by atoms with Gasteiger partial charge in [-0.1, -0.05) is 22.0 Å². The Morgan fingerprint density at radius 1 is 1.47 bits per heavy atom. The van der Waals surface area contributed by atoms with Gasteiger partial charge in [-0.25, -0.2) is 0 Å². The number of nitriles is 1. The molecule has 2 atom stereocenters. The van der Waals surface area contributed by atoms with Crippen molar-refractivity contribution in [2.45, 2.75) is 32.4 Å². The number of benzene rings is 1. The van der Waals surface area contributed by atoms with Gasteiger partial charge in [-0.05, 0) is 43.4 Å². The van der Waals surface area contributed by atoms with Crippen molar-refractivity contribution in [1.29, 1.82) is 5.26 Å². The van der Waals surface area contributed by atoms with E-state index in [1.54, 1.807) is 0 Å². The van der Waals surface area contributed by atoms with Crippen LogP contribution in [0.3, 0.4) is 0 Å². The number of hydrogen-bond acceptors (Lipinski definition) is 3. The SMILES string of the molecule is C[C@@H]1CC[C@@H](CO)CN1Cc1ccc(C#N)cc1Br. The van der Waals surface area contributed by atoms with E-state index in [0.29, 0.717) is 17.5 Å². The Morgan fingerprint density at radius 2 is 2.26 bits per heavy atom. The summed E-state index contributed by atoms with van der Waals surface area (Å²) < 4.78 is 0.991. The molecular formula is C15H19BrN2O. The van der Waals surface area contributed by atoms with Gasteiger partial charge in [0.1, 0.15) is 0 Å². The van der Waals surface area contributed by atoms with Gasteiger partial charge in [-0.3, -0.25) is 4.90 Å². The molecule has 1 saturated heterocycles. The highest BCUT2D eigenvalue weighted by molar-refractivity contribution is 9.10. The molecule has 0 spiro atoms. The Labute approximate surface area is 123 Å². The first-order chi connectivity index (χ1) is 9.13. The zero-order chi connectivity index (χ0) is 13.8. The summed E-state index contributed by atoms with van der Waals surface area (Å²) in [6, 6.07) is 8.43. The van der Waals surface area contributed by atoms with Gasteiger partial charge in [0.05, 0.1) is 11.6 Å². The van der Waals surface area contributed by atoms with Gasteiger partial charge in [0, 0.05) is 30.2 Å². The van der Waals surface area contributed by atoms with Crippen LogP contribution in [0, 0.1) is 17.2 Å². The first-order valence-corrected chi connectivity index (χ1v) is 7.46. The molecule has 1 aliphatic heterocycles. The lowest BCUT2D eigenvalue weighted by Gasteiger charge is -2.37. The van der Waals surface area contributed by atoms with Crippen LogP contribution in [0.25, 0.3) is 0 Å². The number of nitrogens with zero attached hydrogens (tertiary/aromatic N) is 2. The van der Waals surface area contributed by atoms with E-state index in [9.17, 15) is 5.11 Å². The highest BCUT2D eigenvalue weighted by Gasteiger charge is 2.25. The van der Waals surface area contributed by atoms with Gasteiger partial charge < -0.3 is 5.11 Å². The summed E-state index contributed by atoms with van der Waals surface area (Å²) >= 11 is 3.54. The highest BCUT2D eigenvalue weighted by atomic mass is 79.9. The third-order valence-corrected chi connectivity index (χ3v) is 4.66. The van der Waals surface area contributed by atoms with E-state index >= 15 is 0 Å². The second-order valence-electron chi connectivity index (χ2n) is 5.32. The van der Waals surface area contributed by atoms with Crippen LogP contribution in [0.4, 0.5) is 0 Å². The molecule has 4 heteroatoms. The molecule has 0 saturated carbocycles. The zero-order valence-electron chi connectivity index (χ0n) is 11.1. The van der Waals surface area contributed by atoms with E-state index in [1.165, 1.54) is 5.56 Å². The maximum Gasteiger partial charge on any atom is 0.0992 e. The Hall–Kier alpha value is -0.890. The van der Waals surface area contributed by atoms with Crippen molar-refractivity contribution in [2.24, 2.45) is 5.92 Å². The summed E-state index contributed by atoms with van der Waals surface area (Å²) in [6.45, 7) is 4.33. The predicted molar refractivity (Wildman–Crippen MR) is 78.5 cm³/mol. The van der Waals surface area contributed by atoms with Crippen molar-refractivity contribution < 1.29 is 5.11 Å². The summed E-state index contributed by atoms with van der Waals surface area (Å²) in [5.74, 6) is 0.397. The fraction of sp³-hybridized carbons (Fsp3) is 0.533. The van der Waals surface area contributed by atoms with Crippen LogP contribution in [0.1, 0.15) is 30.9 Å². The maximum atomic E-state index is 9.31. The minimum absolute atomic E-state index is 0.276. The standard InChI is InChI=1S/C15H19BrN2O/c1-11-2-3-13(10-19)8-18(11)9-14-5-4-12(7-17)6-15(14)16/h4-6,11,13,19H,2-3,8-10H2,1H3/t11-,13-/m1/s1. The van der Waals surface area contributed by atoms with E-state index in [4.69, 9.17) is 5.26 Å². The molecule has 0 bridgehead atoms. The van der Waals surface area contributed by atoms with Crippen LogP contribution in [0.2, 0.25) is 0 Å². The average Bonchev–Trinajstić information content (AvgIpc) is 2.43.